The minimum absolute atomic E-state index is 0.0658. The van der Waals surface area contributed by atoms with Crippen molar-refractivity contribution in [2.45, 2.75) is 32.6 Å². The van der Waals surface area contributed by atoms with Crippen LogP contribution in [0.25, 0.3) is 0 Å². The number of methoxy groups -OCH3 is 1. The maximum Gasteiger partial charge on any atom is 0.220 e. The summed E-state index contributed by atoms with van der Waals surface area (Å²) >= 11 is 0. The molecule has 0 heterocycles. The molecule has 0 saturated carbocycles. The number of nitrogens with one attached hydrogen (secondary N) is 1. The Morgan fingerprint density at radius 3 is 2.84 bits per heavy atom. The number of nitrogens with two attached hydrogens (primary N) is 1. The maximum absolute atomic E-state index is 11.5. The number of aryl methyl sites for hydroxylation is 1. The third kappa shape index (κ3) is 5.30. The van der Waals surface area contributed by atoms with Gasteiger partial charge in [0.2, 0.25) is 5.91 Å². The van der Waals surface area contributed by atoms with E-state index in [1.54, 1.807) is 7.11 Å². The summed E-state index contributed by atoms with van der Waals surface area (Å²) in [6.07, 6.45) is 3.02. The molecular weight excluding hydrogens is 240 g/mol. The van der Waals surface area contributed by atoms with Crippen LogP contribution in [-0.2, 0) is 17.6 Å². The molecule has 0 spiro atoms. The predicted octanol–water partition coefficient (Wildman–Crippen LogP) is 1.66. The second kappa shape index (κ2) is 8.53. The fourth-order valence-electron chi connectivity index (χ4n) is 1.93. The topological polar surface area (TPSA) is 64.3 Å². The molecule has 0 bridgehead atoms. The number of amides is 1. The van der Waals surface area contributed by atoms with Crippen LogP contribution in [0.1, 0.15) is 30.9 Å². The molecule has 106 valence electrons. The first-order chi connectivity index (χ1) is 9.21. The second-order valence-electron chi connectivity index (χ2n) is 4.49. The van der Waals surface area contributed by atoms with Gasteiger partial charge in [-0.05, 0) is 43.0 Å². The Labute approximate surface area is 115 Å². The summed E-state index contributed by atoms with van der Waals surface area (Å²) < 4.78 is 5.34. The van der Waals surface area contributed by atoms with Gasteiger partial charge in [-0.2, -0.15) is 0 Å². The Morgan fingerprint density at radius 1 is 1.42 bits per heavy atom. The Morgan fingerprint density at radius 2 is 2.21 bits per heavy atom. The zero-order valence-electron chi connectivity index (χ0n) is 11.9. The lowest BCUT2D eigenvalue weighted by Gasteiger charge is -2.11. The number of carbonyl (C=O) groups excluding carboxylic acids is 1. The van der Waals surface area contributed by atoms with Crippen LogP contribution in [0.5, 0.6) is 5.75 Å². The van der Waals surface area contributed by atoms with Gasteiger partial charge >= 0.3 is 0 Å². The van der Waals surface area contributed by atoms with E-state index in [2.05, 4.69) is 24.4 Å². The van der Waals surface area contributed by atoms with Gasteiger partial charge in [0.1, 0.15) is 5.75 Å². The first-order valence-corrected chi connectivity index (χ1v) is 6.83. The second-order valence-corrected chi connectivity index (χ2v) is 4.49. The number of benzene rings is 1. The molecule has 4 heteroatoms. The zero-order valence-corrected chi connectivity index (χ0v) is 11.9. The van der Waals surface area contributed by atoms with Crippen LogP contribution in [0.4, 0.5) is 0 Å². The average molecular weight is 264 g/mol. The van der Waals surface area contributed by atoms with Crippen LogP contribution in [0.3, 0.4) is 0 Å². The van der Waals surface area contributed by atoms with Crippen LogP contribution < -0.4 is 15.8 Å². The maximum atomic E-state index is 11.5. The first kappa shape index (κ1) is 15.5. The molecule has 3 N–H and O–H groups in total. The number of hydrogen-bond acceptors (Lipinski definition) is 3. The Hall–Kier alpha value is -1.55. The smallest absolute Gasteiger partial charge is 0.220 e. The lowest BCUT2D eigenvalue weighted by Crippen LogP contribution is -2.26. The molecule has 0 radical (unpaired) electrons. The van der Waals surface area contributed by atoms with Crippen molar-refractivity contribution in [1.82, 2.24) is 5.32 Å². The molecule has 0 aliphatic carbocycles. The third-order valence-corrected chi connectivity index (χ3v) is 3.08. The highest BCUT2D eigenvalue weighted by atomic mass is 16.5. The molecule has 1 aromatic carbocycles. The van der Waals surface area contributed by atoms with Crippen LogP contribution in [-0.4, -0.2) is 26.1 Å². The summed E-state index contributed by atoms with van der Waals surface area (Å²) in [4.78, 5) is 11.5. The predicted molar refractivity (Wildman–Crippen MR) is 77.4 cm³/mol. The van der Waals surface area contributed by atoms with Crippen molar-refractivity contribution in [3.63, 3.8) is 0 Å². The van der Waals surface area contributed by atoms with E-state index in [9.17, 15) is 4.79 Å². The number of carbonyl (C=O) groups is 1. The van der Waals surface area contributed by atoms with Crippen LogP contribution in [0.15, 0.2) is 18.2 Å². The van der Waals surface area contributed by atoms with Crippen LogP contribution in [0, 0.1) is 0 Å². The van der Waals surface area contributed by atoms with E-state index in [1.807, 2.05) is 6.07 Å². The van der Waals surface area contributed by atoms with Gasteiger partial charge in [-0.25, -0.2) is 0 Å². The Balaban J connectivity index is 2.49. The molecule has 1 amide bonds. The highest BCUT2D eigenvalue weighted by Gasteiger charge is 2.05. The van der Waals surface area contributed by atoms with E-state index in [0.717, 1.165) is 30.6 Å². The van der Waals surface area contributed by atoms with Crippen molar-refractivity contribution in [3.8, 4) is 5.75 Å². The molecule has 19 heavy (non-hydrogen) atoms. The van der Waals surface area contributed by atoms with Gasteiger partial charge in [-0.3, -0.25) is 4.79 Å². The molecule has 4 nitrogen and oxygen atoms in total. The van der Waals surface area contributed by atoms with Crippen LogP contribution in [0.2, 0.25) is 0 Å². The van der Waals surface area contributed by atoms with Crippen molar-refractivity contribution < 1.29 is 9.53 Å². The van der Waals surface area contributed by atoms with E-state index in [-0.39, 0.29) is 5.91 Å². The van der Waals surface area contributed by atoms with Crippen LogP contribution >= 0.6 is 0 Å². The molecule has 0 aliphatic rings. The molecule has 1 rings (SSSR count). The molecule has 1 aromatic rings. The van der Waals surface area contributed by atoms with Crippen molar-refractivity contribution in [1.29, 1.82) is 0 Å². The summed E-state index contributed by atoms with van der Waals surface area (Å²) in [5.41, 5.74) is 7.79. The number of hydrogen-bond donors (Lipinski definition) is 2. The lowest BCUT2D eigenvalue weighted by molar-refractivity contribution is -0.121. The average Bonchev–Trinajstić information content (AvgIpc) is 2.44. The molecule has 0 aliphatic heterocycles. The van der Waals surface area contributed by atoms with E-state index in [0.29, 0.717) is 19.5 Å². The minimum atomic E-state index is 0.0658. The Bertz CT molecular complexity index is 405. The van der Waals surface area contributed by atoms with Gasteiger partial charge in [-0.15, -0.1) is 0 Å². The van der Waals surface area contributed by atoms with Crippen molar-refractivity contribution in [2.24, 2.45) is 5.73 Å². The number of rotatable bonds is 8. The highest BCUT2D eigenvalue weighted by molar-refractivity contribution is 5.75. The fraction of sp³-hybridized carbons (Fsp3) is 0.533. The molecule has 0 fully saturated rings. The quantitative estimate of drug-likeness (QED) is 0.750. The fourth-order valence-corrected chi connectivity index (χ4v) is 1.93. The van der Waals surface area contributed by atoms with E-state index >= 15 is 0 Å². The molecule has 0 unspecified atom stereocenters. The molecule has 0 atom stereocenters. The van der Waals surface area contributed by atoms with Gasteiger partial charge < -0.3 is 15.8 Å². The van der Waals surface area contributed by atoms with Gasteiger partial charge in [0.15, 0.2) is 0 Å². The molecular formula is C15H24N2O2. The SMILES string of the molecule is CCc1ccc(OC)c(CCNC(=O)CCCN)c1. The molecule has 0 aromatic heterocycles. The highest BCUT2D eigenvalue weighted by Crippen LogP contribution is 2.20. The largest absolute Gasteiger partial charge is 0.496 e. The lowest BCUT2D eigenvalue weighted by atomic mass is 10.1. The normalized spacial score (nSPS) is 10.3. The zero-order chi connectivity index (χ0) is 14.1. The first-order valence-electron chi connectivity index (χ1n) is 6.83. The van der Waals surface area contributed by atoms with E-state index in [1.165, 1.54) is 5.56 Å². The van der Waals surface area contributed by atoms with Gasteiger partial charge in [0, 0.05) is 13.0 Å². The van der Waals surface area contributed by atoms with Gasteiger partial charge in [-0.1, -0.05) is 19.1 Å². The monoisotopic (exact) mass is 264 g/mol. The minimum Gasteiger partial charge on any atom is -0.496 e. The van der Waals surface area contributed by atoms with Gasteiger partial charge in [0.25, 0.3) is 0 Å². The summed E-state index contributed by atoms with van der Waals surface area (Å²) in [7, 11) is 1.67. The number of ether oxygens (including phenoxy) is 1. The third-order valence-electron chi connectivity index (χ3n) is 3.08. The van der Waals surface area contributed by atoms with Crippen molar-refractivity contribution in [2.75, 3.05) is 20.2 Å². The Kier molecular flexibility index (Phi) is 6.97. The summed E-state index contributed by atoms with van der Waals surface area (Å²) in [5.74, 6) is 0.949. The molecule has 0 saturated heterocycles. The summed E-state index contributed by atoms with van der Waals surface area (Å²) in [6, 6.07) is 6.21. The standard InChI is InChI=1S/C15H24N2O2/c1-3-12-6-7-14(19-2)13(11-12)8-10-17-15(18)5-4-9-16/h6-7,11H,3-5,8-10,16H2,1-2H3,(H,17,18). The summed E-state index contributed by atoms with van der Waals surface area (Å²) in [6.45, 7) is 3.31. The summed E-state index contributed by atoms with van der Waals surface area (Å²) in [5, 5.41) is 2.90. The van der Waals surface area contributed by atoms with Crippen molar-refractivity contribution >= 4 is 5.91 Å². The van der Waals surface area contributed by atoms with Crippen molar-refractivity contribution in [3.05, 3.63) is 29.3 Å². The van der Waals surface area contributed by atoms with Gasteiger partial charge in [0.05, 0.1) is 7.11 Å². The van der Waals surface area contributed by atoms with E-state index < -0.39 is 0 Å². The van der Waals surface area contributed by atoms with E-state index in [4.69, 9.17) is 10.5 Å².